The second-order valence-corrected chi connectivity index (χ2v) is 5.69. The van der Waals surface area contributed by atoms with Crippen molar-refractivity contribution in [2.45, 2.75) is 51.2 Å². The molecule has 1 heterocycles. The van der Waals surface area contributed by atoms with Gasteiger partial charge in [-0.1, -0.05) is 19.4 Å². The number of nitrogens with zero attached hydrogens (tertiary/aromatic N) is 1. The fourth-order valence-electron chi connectivity index (χ4n) is 2.30. The Morgan fingerprint density at radius 1 is 1.56 bits per heavy atom. The van der Waals surface area contributed by atoms with Crippen LogP contribution >= 0.6 is 11.3 Å². The van der Waals surface area contributed by atoms with Crippen LogP contribution < -0.4 is 5.73 Å². The molecule has 1 atom stereocenters. The molecule has 0 spiro atoms. The molecule has 2 rings (SSSR count). The van der Waals surface area contributed by atoms with E-state index >= 15 is 0 Å². The highest BCUT2D eigenvalue weighted by atomic mass is 32.1. The topological polar surface area (TPSA) is 29.3 Å². The van der Waals surface area contributed by atoms with Gasteiger partial charge in [-0.2, -0.15) is 0 Å². The summed E-state index contributed by atoms with van der Waals surface area (Å²) in [5.74, 6) is 0. The molecule has 90 valence electrons. The van der Waals surface area contributed by atoms with Crippen molar-refractivity contribution in [2.24, 2.45) is 5.73 Å². The summed E-state index contributed by atoms with van der Waals surface area (Å²) >= 11 is 1.86. The molecule has 1 saturated carbocycles. The molecular weight excluding hydrogens is 216 g/mol. The quantitative estimate of drug-likeness (QED) is 0.791. The normalized spacial score (nSPS) is 17.9. The molecule has 0 bridgehead atoms. The number of hydrogen-bond acceptors (Lipinski definition) is 3. The zero-order valence-corrected chi connectivity index (χ0v) is 10.9. The Labute approximate surface area is 102 Å². The van der Waals surface area contributed by atoms with E-state index in [1.54, 1.807) is 0 Å². The molecule has 1 aromatic rings. The summed E-state index contributed by atoms with van der Waals surface area (Å²) in [5.41, 5.74) is 5.92. The third-order valence-electron chi connectivity index (χ3n) is 3.30. The molecule has 2 nitrogen and oxygen atoms in total. The van der Waals surface area contributed by atoms with Gasteiger partial charge in [-0.25, -0.2) is 0 Å². The van der Waals surface area contributed by atoms with E-state index in [-0.39, 0.29) is 0 Å². The first-order chi connectivity index (χ1) is 7.85. The lowest BCUT2D eigenvalue weighted by Crippen LogP contribution is -2.41. The van der Waals surface area contributed by atoms with Gasteiger partial charge in [0.15, 0.2) is 0 Å². The van der Waals surface area contributed by atoms with Gasteiger partial charge in [-0.05, 0) is 30.7 Å². The summed E-state index contributed by atoms with van der Waals surface area (Å²) in [6.45, 7) is 4.15. The molecule has 1 unspecified atom stereocenters. The molecule has 0 saturated heterocycles. The third-order valence-corrected chi connectivity index (χ3v) is 4.16. The van der Waals surface area contributed by atoms with Crippen LogP contribution in [0.2, 0.25) is 0 Å². The highest BCUT2D eigenvalue weighted by molar-refractivity contribution is 7.09. The fraction of sp³-hybridized carbons (Fsp3) is 0.692. The molecule has 3 heteroatoms. The van der Waals surface area contributed by atoms with E-state index in [2.05, 4.69) is 29.3 Å². The van der Waals surface area contributed by atoms with Crippen LogP contribution in [-0.4, -0.2) is 23.5 Å². The molecule has 0 aromatic carbocycles. The molecule has 0 radical (unpaired) electrons. The highest BCUT2D eigenvalue weighted by Crippen LogP contribution is 2.31. The lowest BCUT2D eigenvalue weighted by molar-refractivity contribution is 0.172. The monoisotopic (exact) mass is 238 g/mol. The van der Waals surface area contributed by atoms with Crippen molar-refractivity contribution < 1.29 is 0 Å². The number of rotatable bonds is 7. The van der Waals surface area contributed by atoms with Gasteiger partial charge in [0.25, 0.3) is 0 Å². The zero-order valence-electron chi connectivity index (χ0n) is 10.1. The van der Waals surface area contributed by atoms with Crippen LogP contribution in [0.5, 0.6) is 0 Å². The maximum atomic E-state index is 5.92. The number of hydrogen-bond donors (Lipinski definition) is 1. The Balaban J connectivity index is 1.98. The van der Waals surface area contributed by atoms with Crippen molar-refractivity contribution in [3.63, 3.8) is 0 Å². The van der Waals surface area contributed by atoms with E-state index in [9.17, 15) is 0 Å². The van der Waals surface area contributed by atoms with Crippen molar-refractivity contribution in [3.05, 3.63) is 22.4 Å². The van der Waals surface area contributed by atoms with Crippen LogP contribution in [0.3, 0.4) is 0 Å². The largest absolute Gasteiger partial charge is 0.329 e. The first-order valence-electron chi connectivity index (χ1n) is 6.33. The molecule has 1 aliphatic carbocycles. The standard InChI is InChI=1S/C13H22N2S/c1-2-4-12(9-14)15(11-6-7-11)10-13-5-3-8-16-13/h3,5,8,11-12H,2,4,6-7,9-10,14H2,1H3. The smallest absolute Gasteiger partial charge is 0.0334 e. The maximum absolute atomic E-state index is 5.92. The van der Waals surface area contributed by atoms with Crippen molar-refractivity contribution in [2.75, 3.05) is 6.54 Å². The lowest BCUT2D eigenvalue weighted by atomic mass is 10.1. The maximum Gasteiger partial charge on any atom is 0.0334 e. The van der Waals surface area contributed by atoms with Crippen molar-refractivity contribution in [3.8, 4) is 0 Å². The first-order valence-corrected chi connectivity index (χ1v) is 7.21. The van der Waals surface area contributed by atoms with Crippen molar-refractivity contribution >= 4 is 11.3 Å². The Bertz CT molecular complexity index is 293. The van der Waals surface area contributed by atoms with Gasteiger partial charge in [0.1, 0.15) is 0 Å². The predicted molar refractivity (Wildman–Crippen MR) is 70.6 cm³/mol. The van der Waals surface area contributed by atoms with Gasteiger partial charge in [0, 0.05) is 30.1 Å². The molecule has 0 aliphatic heterocycles. The average molecular weight is 238 g/mol. The zero-order chi connectivity index (χ0) is 11.4. The minimum Gasteiger partial charge on any atom is -0.329 e. The van der Waals surface area contributed by atoms with E-state index in [1.807, 2.05) is 11.3 Å². The molecule has 1 aromatic heterocycles. The van der Waals surface area contributed by atoms with Crippen LogP contribution in [0.25, 0.3) is 0 Å². The Hall–Kier alpha value is -0.380. The average Bonchev–Trinajstić information content (AvgIpc) is 3.01. The Morgan fingerprint density at radius 3 is 2.88 bits per heavy atom. The summed E-state index contributed by atoms with van der Waals surface area (Å²) in [5, 5.41) is 2.16. The lowest BCUT2D eigenvalue weighted by Gasteiger charge is -2.30. The second-order valence-electron chi connectivity index (χ2n) is 4.66. The first kappa shape index (κ1) is 12.1. The summed E-state index contributed by atoms with van der Waals surface area (Å²) in [6, 6.07) is 5.77. The third kappa shape index (κ3) is 3.06. The minimum absolute atomic E-state index is 0.583. The predicted octanol–water partition coefficient (Wildman–Crippen LogP) is 2.84. The van der Waals surface area contributed by atoms with E-state index in [4.69, 9.17) is 5.73 Å². The van der Waals surface area contributed by atoms with Gasteiger partial charge in [-0.3, -0.25) is 4.90 Å². The molecule has 2 N–H and O–H groups in total. The molecule has 1 fully saturated rings. The SMILES string of the molecule is CCCC(CN)N(Cc1cccs1)C1CC1. The molecular formula is C13H22N2S. The van der Waals surface area contributed by atoms with Crippen LogP contribution in [0.1, 0.15) is 37.5 Å². The summed E-state index contributed by atoms with van der Waals surface area (Å²) < 4.78 is 0. The van der Waals surface area contributed by atoms with Gasteiger partial charge in [-0.15, -0.1) is 11.3 Å². The van der Waals surface area contributed by atoms with E-state index < -0.39 is 0 Å². The Morgan fingerprint density at radius 2 is 2.38 bits per heavy atom. The molecule has 16 heavy (non-hydrogen) atoms. The van der Waals surface area contributed by atoms with Crippen molar-refractivity contribution in [1.82, 2.24) is 4.90 Å². The van der Waals surface area contributed by atoms with Gasteiger partial charge < -0.3 is 5.73 Å². The van der Waals surface area contributed by atoms with Gasteiger partial charge in [0.2, 0.25) is 0 Å². The van der Waals surface area contributed by atoms with Crippen LogP contribution in [0.15, 0.2) is 17.5 Å². The summed E-state index contributed by atoms with van der Waals surface area (Å²) in [6.07, 6.45) is 5.20. The van der Waals surface area contributed by atoms with Gasteiger partial charge >= 0.3 is 0 Å². The van der Waals surface area contributed by atoms with Crippen LogP contribution in [0, 0.1) is 0 Å². The fourth-order valence-corrected chi connectivity index (χ4v) is 3.01. The summed E-state index contributed by atoms with van der Waals surface area (Å²) in [4.78, 5) is 4.11. The van der Waals surface area contributed by atoms with Gasteiger partial charge in [0.05, 0.1) is 0 Å². The Kier molecular flexibility index (Phi) is 4.38. The van der Waals surface area contributed by atoms with Crippen molar-refractivity contribution in [1.29, 1.82) is 0 Å². The molecule has 1 aliphatic rings. The number of thiophene rings is 1. The highest BCUT2D eigenvalue weighted by Gasteiger charge is 2.33. The molecule has 0 amide bonds. The van der Waals surface area contributed by atoms with E-state index in [1.165, 1.54) is 30.6 Å². The summed E-state index contributed by atoms with van der Waals surface area (Å²) in [7, 11) is 0. The van der Waals surface area contributed by atoms with E-state index in [0.717, 1.165) is 19.1 Å². The van der Waals surface area contributed by atoms with Crippen LogP contribution in [0.4, 0.5) is 0 Å². The second kappa shape index (κ2) is 5.80. The van der Waals surface area contributed by atoms with E-state index in [0.29, 0.717) is 6.04 Å². The van der Waals surface area contributed by atoms with Crippen LogP contribution in [-0.2, 0) is 6.54 Å². The minimum atomic E-state index is 0.583. The number of nitrogens with two attached hydrogens (primary N) is 1.